The van der Waals surface area contributed by atoms with Crippen molar-refractivity contribution in [2.24, 2.45) is 23.7 Å². The van der Waals surface area contributed by atoms with Gasteiger partial charge in [0.25, 0.3) is 0 Å². The summed E-state index contributed by atoms with van der Waals surface area (Å²) in [6.45, 7) is 7.02. The highest BCUT2D eigenvalue weighted by atomic mass is 14.9. The molecule has 0 amide bonds. The highest BCUT2D eigenvalue weighted by Crippen LogP contribution is 2.57. The topological polar surface area (TPSA) is 12.0 Å². The van der Waals surface area contributed by atoms with Crippen molar-refractivity contribution < 1.29 is 0 Å². The molecule has 0 aliphatic heterocycles. The molecule has 4 atom stereocenters. The van der Waals surface area contributed by atoms with Crippen LogP contribution in [-0.2, 0) is 0 Å². The molecule has 1 heteroatoms. The molecule has 0 radical (unpaired) electrons. The smallest absolute Gasteiger partial charge is 0.00176 e. The molecular weight excluding hydrogens is 242 g/mol. The van der Waals surface area contributed by atoms with Gasteiger partial charge in [0.1, 0.15) is 0 Å². The quantitative estimate of drug-likeness (QED) is 0.806. The maximum atomic E-state index is 3.69. The van der Waals surface area contributed by atoms with Crippen molar-refractivity contribution in [2.45, 2.75) is 45.4 Å². The van der Waals surface area contributed by atoms with E-state index in [1.165, 1.54) is 38.8 Å². The van der Waals surface area contributed by atoms with Gasteiger partial charge in [0.15, 0.2) is 0 Å². The summed E-state index contributed by atoms with van der Waals surface area (Å²) < 4.78 is 0. The standard InChI is InChI=1S/C19H29N/c1-14(2)12-20-13-16-9-6-10-17(16)19-11-18(19)15-7-4-3-5-8-15/h3-5,7-8,14,16-20H,6,9-13H2,1-2H3. The first-order valence-electron chi connectivity index (χ1n) is 8.51. The van der Waals surface area contributed by atoms with Crippen molar-refractivity contribution in [3.63, 3.8) is 0 Å². The van der Waals surface area contributed by atoms with Crippen molar-refractivity contribution in [3.8, 4) is 0 Å². The van der Waals surface area contributed by atoms with Crippen LogP contribution in [-0.4, -0.2) is 13.1 Å². The van der Waals surface area contributed by atoms with E-state index >= 15 is 0 Å². The largest absolute Gasteiger partial charge is 0.316 e. The van der Waals surface area contributed by atoms with E-state index in [0.717, 1.165) is 29.6 Å². The maximum absolute atomic E-state index is 3.69. The third-order valence-electron chi connectivity index (χ3n) is 5.29. The Labute approximate surface area is 124 Å². The van der Waals surface area contributed by atoms with Gasteiger partial charge in [0.05, 0.1) is 0 Å². The van der Waals surface area contributed by atoms with Gasteiger partial charge in [0.2, 0.25) is 0 Å². The SMILES string of the molecule is CC(C)CNCC1CCCC1C1CC1c1ccccc1. The van der Waals surface area contributed by atoms with Crippen LogP contribution in [0.15, 0.2) is 30.3 Å². The first kappa shape index (κ1) is 14.1. The average molecular weight is 271 g/mol. The monoisotopic (exact) mass is 271 g/mol. The first-order valence-corrected chi connectivity index (χ1v) is 8.51. The zero-order chi connectivity index (χ0) is 13.9. The lowest BCUT2D eigenvalue weighted by Gasteiger charge is -2.21. The highest BCUT2D eigenvalue weighted by Gasteiger charge is 2.47. The number of rotatable bonds is 6. The van der Waals surface area contributed by atoms with Gasteiger partial charge < -0.3 is 5.32 Å². The fraction of sp³-hybridized carbons (Fsp3) is 0.684. The van der Waals surface area contributed by atoms with Gasteiger partial charge >= 0.3 is 0 Å². The summed E-state index contributed by atoms with van der Waals surface area (Å²) in [5.41, 5.74) is 1.58. The molecule has 1 nitrogen and oxygen atoms in total. The van der Waals surface area contributed by atoms with Crippen molar-refractivity contribution in [2.75, 3.05) is 13.1 Å². The second-order valence-electron chi connectivity index (χ2n) is 7.32. The molecule has 3 rings (SSSR count). The Hall–Kier alpha value is -0.820. The van der Waals surface area contributed by atoms with Crippen molar-refractivity contribution in [3.05, 3.63) is 35.9 Å². The summed E-state index contributed by atoms with van der Waals surface area (Å²) in [6.07, 6.45) is 5.82. The van der Waals surface area contributed by atoms with E-state index in [1.807, 2.05) is 0 Å². The minimum atomic E-state index is 0.771. The van der Waals surface area contributed by atoms with Crippen LogP contribution < -0.4 is 5.32 Å². The Kier molecular flexibility index (Phi) is 4.45. The Morgan fingerprint density at radius 1 is 1.10 bits per heavy atom. The fourth-order valence-electron chi connectivity index (χ4n) is 4.21. The van der Waals surface area contributed by atoms with E-state index in [2.05, 4.69) is 49.5 Å². The predicted molar refractivity (Wildman–Crippen MR) is 85.8 cm³/mol. The normalized spacial score (nSPS) is 32.8. The number of benzene rings is 1. The molecule has 2 aliphatic rings. The highest BCUT2D eigenvalue weighted by molar-refractivity contribution is 5.26. The molecule has 1 N–H and O–H groups in total. The zero-order valence-corrected chi connectivity index (χ0v) is 13.0. The Morgan fingerprint density at radius 3 is 2.65 bits per heavy atom. The molecule has 0 aromatic heterocycles. The van der Waals surface area contributed by atoms with Gasteiger partial charge in [-0.25, -0.2) is 0 Å². The van der Waals surface area contributed by atoms with Crippen LogP contribution in [0.5, 0.6) is 0 Å². The van der Waals surface area contributed by atoms with Crippen molar-refractivity contribution in [1.29, 1.82) is 0 Å². The average Bonchev–Trinajstić information content (AvgIpc) is 3.11. The number of hydrogen-bond donors (Lipinski definition) is 1. The van der Waals surface area contributed by atoms with E-state index in [0.29, 0.717) is 0 Å². The molecule has 110 valence electrons. The summed E-state index contributed by atoms with van der Waals surface area (Å²) in [5, 5.41) is 3.69. The summed E-state index contributed by atoms with van der Waals surface area (Å²) >= 11 is 0. The van der Waals surface area contributed by atoms with Gasteiger partial charge in [-0.3, -0.25) is 0 Å². The number of hydrogen-bond acceptors (Lipinski definition) is 1. The number of nitrogens with one attached hydrogen (secondary N) is 1. The Bertz CT molecular complexity index is 411. The minimum absolute atomic E-state index is 0.771. The third kappa shape index (κ3) is 3.25. The second kappa shape index (κ2) is 6.30. The van der Waals surface area contributed by atoms with Gasteiger partial charge in [-0.2, -0.15) is 0 Å². The summed E-state index contributed by atoms with van der Waals surface area (Å²) in [4.78, 5) is 0. The van der Waals surface area contributed by atoms with Crippen molar-refractivity contribution >= 4 is 0 Å². The van der Waals surface area contributed by atoms with Gasteiger partial charge in [-0.1, -0.05) is 50.6 Å². The van der Waals surface area contributed by atoms with E-state index in [4.69, 9.17) is 0 Å². The minimum Gasteiger partial charge on any atom is -0.316 e. The second-order valence-corrected chi connectivity index (χ2v) is 7.32. The molecule has 2 aliphatic carbocycles. The van der Waals surface area contributed by atoms with Crippen LogP contribution in [0, 0.1) is 23.7 Å². The summed E-state index contributed by atoms with van der Waals surface area (Å²) in [6, 6.07) is 11.2. The molecule has 20 heavy (non-hydrogen) atoms. The molecule has 0 spiro atoms. The predicted octanol–water partition coefficient (Wildman–Crippen LogP) is 4.45. The van der Waals surface area contributed by atoms with Gasteiger partial charge in [0, 0.05) is 0 Å². The molecule has 0 bridgehead atoms. The van der Waals surface area contributed by atoms with Gasteiger partial charge in [-0.15, -0.1) is 0 Å². The molecule has 4 unspecified atom stereocenters. The molecule has 1 aromatic rings. The zero-order valence-electron chi connectivity index (χ0n) is 13.0. The Balaban J connectivity index is 1.52. The summed E-state index contributed by atoms with van der Waals surface area (Å²) in [5.74, 6) is 4.54. The molecule has 2 saturated carbocycles. The third-order valence-corrected chi connectivity index (χ3v) is 5.29. The first-order chi connectivity index (χ1) is 9.75. The molecule has 1 aromatic carbocycles. The summed E-state index contributed by atoms with van der Waals surface area (Å²) in [7, 11) is 0. The lowest BCUT2D eigenvalue weighted by atomic mass is 9.89. The van der Waals surface area contributed by atoms with Crippen LogP contribution in [0.2, 0.25) is 0 Å². The van der Waals surface area contributed by atoms with Crippen molar-refractivity contribution in [1.82, 2.24) is 5.32 Å². The van der Waals surface area contributed by atoms with E-state index in [9.17, 15) is 0 Å². The van der Waals surface area contributed by atoms with Crippen LogP contribution in [0.3, 0.4) is 0 Å². The van der Waals surface area contributed by atoms with E-state index in [-0.39, 0.29) is 0 Å². The Morgan fingerprint density at radius 2 is 1.90 bits per heavy atom. The lowest BCUT2D eigenvalue weighted by Crippen LogP contribution is -2.29. The van der Waals surface area contributed by atoms with Gasteiger partial charge in [-0.05, 0) is 67.5 Å². The molecule has 2 fully saturated rings. The van der Waals surface area contributed by atoms with Crippen LogP contribution in [0.4, 0.5) is 0 Å². The molecular formula is C19H29N. The fourth-order valence-corrected chi connectivity index (χ4v) is 4.21. The lowest BCUT2D eigenvalue weighted by molar-refractivity contribution is 0.321. The van der Waals surface area contributed by atoms with E-state index in [1.54, 1.807) is 5.56 Å². The van der Waals surface area contributed by atoms with Crippen LogP contribution in [0.1, 0.15) is 51.0 Å². The van der Waals surface area contributed by atoms with Crippen LogP contribution >= 0.6 is 0 Å². The van der Waals surface area contributed by atoms with Crippen LogP contribution in [0.25, 0.3) is 0 Å². The maximum Gasteiger partial charge on any atom is -0.00176 e. The molecule has 0 saturated heterocycles. The molecule has 0 heterocycles. The van der Waals surface area contributed by atoms with E-state index < -0.39 is 0 Å².